The molecule has 0 aliphatic carbocycles. The fourth-order valence-electron chi connectivity index (χ4n) is 1.63. The molecule has 4 nitrogen and oxygen atoms in total. The number of carbonyl (C=O) groups excluding carboxylic acids is 1. The molecule has 0 saturated carbocycles. The van der Waals surface area contributed by atoms with Gasteiger partial charge in [-0.3, -0.25) is 0 Å². The summed E-state index contributed by atoms with van der Waals surface area (Å²) in [5.74, 6) is -1.67. The van der Waals surface area contributed by atoms with Crippen molar-refractivity contribution >= 4 is 6.09 Å². The minimum atomic E-state index is -4.40. The highest BCUT2D eigenvalue weighted by Crippen LogP contribution is 2.39. The van der Waals surface area contributed by atoms with Gasteiger partial charge in [0.2, 0.25) is 0 Å². The van der Waals surface area contributed by atoms with Crippen LogP contribution in [0.15, 0.2) is 0 Å². The first-order valence-electron chi connectivity index (χ1n) is 5.23. The molecule has 1 fully saturated rings. The predicted octanol–water partition coefficient (Wildman–Crippen LogP) is 1.78. The fourth-order valence-corrected chi connectivity index (χ4v) is 1.63. The minimum absolute atomic E-state index is 0.455. The van der Waals surface area contributed by atoms with Gasteiger partial charge in [-0.15, -0.1) is 0 Å². The molecule has 100 valence electrons. The van der Waals surface area contributed by atoms with Crippen LogP contribution in [0, 0.1) is 5.92 Å². The number of nitrogens with zero attached hydrogens (tertiary/aromatic N) is 1. The molecule has 1 aliphatic heterocycles. The zero-order valence-electron chi connectivity index (χ0n) is 9.91. The van der Waals surface area contributed by atoms with Crippen molar-refractivity contribution in [1.29, 1.82) is 0 Å². The molecule has 1 saturated heterocycles. The SMILES string of the molecule is CC(C)(C)OC(=O)N1C[C@@H](C(F)(F)F)[C@@H]1CO. The number of ether oxygens (including phenoxy) is 1. The van der Waals surface area contributed by atoms with Gasteiger partial charge in [-0.05, 0) is 20.8 Å². The van der Waals surface area contributed by atoms with E-state index < -0.39 is 43.0 Å². The molecule has 0 aromatic rings. The number of alkyl halides is 3. The Morgan fingerprint density at radius 2 is 1.94 bits per heavy atom. The van der Waals surface area contributed by atoms with E-state index in [-0.39, 0.29) is 0 Å². The van der Waals surface area contributed by atoms with Crippen molar-refractivity contribution in [2.45, 2.75) is 38.6 Å². The summed E-state index contributed by atoms with van der Waals surface area (Å²) < 4.78 is 42.2. The van der Waals surface area contributed by atoms with E-state index >= 15 is 0 Å². The van der Waals surface area contributed by atoms with Crippen molar-refractivity contribution < 1.29 is 27.8 Å². The standard InChI is InChI=1S/C10H16F3NO3/c1-9(2,3)17-8(16)14-4-6(7(14)5-15)10(11,12)13/h6-7,15H,4-5H2,1-3H3/t6-,7+/m1/s1. The quantitative estimate of drug-likeness (QED) is 0.777. The summed E-state index contributed by atoms with van der Waals surface area (Å²) in [6, 6.07) is -1.23. The third-order valence-corrected chi connectivity index (χ3v) is 2.49. The van der Waals surface area contributed by atoms with Crippen LogP contribution in [0.4, 0.5) is 18.0 Å². The van der Waals surface area contributed by atoms with Crippen molar-refractivity contribution in [2.24, 2.45) is 5.92 Å². The maximum Gasteiger partial charge on any atom is 0.410 e. The van der Waals surface area contributed by atoms with Crippen molar-refractivity contribution in [3.05, 3.63) is 0 Å². The molecule has 2 atom stereocenters. The Hall–Kier alpha value is -0.980. The summed E-state index contributed by atoms with van der Waals surface area (Å²) in [5, 5.41) is 8.89. The van der Waals surface area contributed by atoms with Crippen LogP contribution in [-0.4, -0.2) is 47.1 Å². The van der Waals surface area contributed by atoms with Gasteiger partial charge in [-0.1, -0.05) is 0 Å². The van der Waals surface area contributed by atoms with Gasteiger partial charge in [0.05, 0.1) is 18.6 Å². The zero-order valence-corrected chi connectivity index (χ0v) is 9.91. The van der Waals surface area contributed by atoms with Crippen molar-refractivity contribution in [1.82, 2.24) is 4.90 Å². The van der Waals surface area contributed by atoms with Gasteiger partial charge in [0.25, 0.3) is 0 Å². The highest BCUT2D eigenvalue weighted by atomic mass is 19.4. The lowest BCUT2D eigenvalue weighted by Crippen LogP contribution is -2.65. The molecular weight excluding hydrogens is 239 g/mol. The molecular formula is C10H16F3NO3. The Balaban J connectivity index is 2.62. The number of carbonyl (C=O) groups is 1. The number of hydrogen-bond acceptors (Lipinski definition) is 3. The van der Waals surface area contributed by atoms with Crippen LogP contribution in [0.1, 0.15) is 20.8 Å². The van der Waals surface area contributed by atoms with E-state index in [1.165, 1.54) is 0 Å². The van der Waals surface area contributed by atoms with E-state index in [0.717, 1.165) is 4.90 Å². The van der Waals surface area contributed by atoms with Crippen molar-refractivity contribution in [3.63, 3.8) is 0 Å². The Kier molecular flexibility index (Phi) is 3.61. The molecule has 1 heterocycles. The highest BCUT2D eigenvalue weighted by molar-refractivity contribution is 5.69. The van der Waals surface area contributed by atoms with Gasteiger partial charge in [0.15, 0.2) is 0 Å². The minimum Gasteiger partial charge on any atom is -0.444 e. The first kappa shape index (κ1) is 14.1. The lowest BCUT2D eigenvalue weighted by Gasteiger charge is -2.47. The third-order valence-electron chi connectivity index (χ3n) is 2.49. The molecule has 0 aromatic carbocycles. The summed E-state index contributed by atoms with van der Waals surface area (Å²) in [6.45, 7) is 3.70. The average Bonchev–Trinajstić information content (AvgIpc) is 1.95. The predicted molar refractivity (Wildman–Crippen MR) is 53.4 cm³/mol. The Morgan fingerprint density at radius 1 is 1.41 bits per heavy atom. The second-order valence-electron chi connectivity index (χ2n) is 5.03. The first-order valence-corrected chi connectivity index (χ1v) is 5.23. The summed E-state index contributed by atoms with van der Waals surface area (Å²) in [6.07, 6.45) is -5.22. The van der Waals surface area contributed by atoms with Crippen LogP contribution < -0.4 is 0 Å². The summed E-state index contributed by atoms with van der Waals surface area (Å²) in [5.41, 5.74) is -0.763. The summed E-state index contributed by atoms with van der Waals surface area (Å²) >= 11 is 0. The van der Waals surface area contributed by atoms with Crippen LogP contribution in [0.2, 0.25) is 0 Å². The van der Waals surface area contributed by atoms with Crippen molar-refractivity contribution in [2.75, 3.05) is 13.2 Å². The largest absolute Gasteiger partial charge is 0.444 e. The Morgan fingerprint density at radius 3 is 2.29 bits per heavy atom. The summed E-state index contributed by atoms with van der Waals surface area (Å²) in [7, 11) is 0. The van der Waals surface area contributed by atoms with Gasteiger partial charge in [0, 0.05) is 6.54 Å². The molecule has 1 rings (SSSR count). The van der Waals surface area contributed by atoms with Crippen molar-refractivity contribution in [3.8, 4) is 0 Å². The number of likely N-dealkylation sites (tertiary alicyclic amines) is 1. The first-order chi connectivity index (χ1) is 7.56. The Bertz CT molecular complexity index is 298. The fraction of sp³-hybridized carbons (Fsp3) is 0.900. The molecule has 1 N–H and O–H groups in total. The topological polar surface area (TPSA) is 49.8 Å². The normalized spacial score (nSPS) is 25.5. The van der Waals surface area contributed by atoms with Crippen LogP contribution in [0.5, 0.6) is 0 Å². The summed E-state index contributed by atoms with van der Waals surface area (Å²) in [4.78, 5) is 12.4. The number of aliphatic hydroxyl groups is 1. The van der Waals surface area contributed by atoms with E-state index in [1.807, 2.05) is 0 Å². The molecule has 0 bridgehead atoms. The van der Waals surface area contributed by atoms with Crippen LogP contribution >= 0.6 is 0 Å². The van der Waals surface area contributed by atoms with E-state index in [1.54, 1.807) is 20.8 Å². The van der Waals surface area contributed by atoms with Gasteiger partial charge < -0.3 is 14.7 Å². The molecule has 0 aromatic heterocycles. The Labute approximate surface area is 97.3 Å². The van der Waals surface area contributed by atoms with Crippen LogP contribution in [0.25, 0.3) is 0 Å². The highest BCUT2D eigenvalue weighted by Gasteiger charge is 2.56. The van der Waals surface area contributed by atoms with Crippen LogP contribution in [-0.2, 0) is 4.74 Å². The van der Waals surface area contributed by atoms with Crippen LogP contribution in [0.3, 0.4) is 0 Å². The zero-order chi connectivity index (χ0) is 13.4. The maximum atomic E-state index is 12.4. The molecule has 17 heavy (non-hydrogen) atoms. The van der Waals surface area contributed by atoms with Gasteiger partial charge in [-0.25, -0.2) is 4.79 Å². The number of amides is 1. The van der Waals surface area contributed by atoms with Gasteiger partial charge in [0.1, 0.15) is 5.60 Å². The number of aliphatic hydroxyl groups excluding tert-OH is 1. The number of halogens is 3. The van der Waals surface area contributed by atoms with E-state index in [2.05, 4.69) is 0 Å². The van der Waals surface area contributed by atoms with Gasteiger partial charge in [-0.2, -0.15) is 13.2 Å². The number of rotatable bonds is 1. The van der Waals surface area contributed by atoms with E-state index in [0.29, 0.717) is 0 Å². The molecule has 0 radical (unpaired) electrons. The van der Waals surface area contributed by atoms with Gasteiger partial charge >= 0.3 is 12.3 Å². The average molecular weight is 255 g/mol. The molecule has 7 heteroatoms. The molecule has 0 spiro atoms. The molecule has 1 amide bonds. The lowest BCUT2D eigenvalue weighted by atomic mass is 9.89. The molecule has 1 aliphatic rings. The second kappa shape index (κ2) is 4.36. The van der Waals surface area contributed by atoms with E-state index in [9.17, 15) is 18.0 Å². The smallest absolute Gasteiger partial charge is 0.410 e. The lowest BCUT2D eigenvalue weighted by molar-refractivity contribution is -0.229. The van der Waals surface area contributed by atoms with E-state index in [4.69, 9.17) is 9.84 Å². The second-order valence-corrected chi connectivity index (χ2v) is 5.03. The monoisotopic (exact) mass is 255 g/mol. The maximum absolute atomic E-state index is 12.4. The molecule has 0 unspecified atom stereocenters. The number of hydrogen-bond donors (Lipinski definition) is 1. The third kappa shape index (κ3) is 3.24.